The summed E-state index contributed by atoms with van der Waals surface area (Å²) < 4.78 is 10.2. The topological polar surface area (TPSA) is 99.1 Å². The molecule has 0 radical (unpaired) electrons. The van der Waals surface area contributed by atoms with Crippen LogP contribution < -0.4 is 0 Å². The fourth-order valence-corrected chi connectivity index (χ4v) is 4.58. The summed E-state index contributed by atoms with van der Waals surface area (Å²) in [5, 5.41) is 9.81. The van der Waals surface area contributed by atoms with Crippen molar-refractivity contribution in [3.05, 3.63) is 106 Å². The first-order chi connectivity index (χ1) is 17.9. The van der Waals surface area contributed by atoms with Gasteiger partial charge in [-0.25, -0.2) is 14.5 Å². The fourth-order valence-electron chi connectivity index (χ4n) is 4.45. The summed E-state index contributed by atoms with van der Waals surface area (Å²) in [7, 11) is 1.23. The molecule has 4 rings (SSSR count). The summed E-state index contributed by atoms with van der Waals surface area (Å²) >= 11 is 5.96. The van der Waals surface area contributed by atoms with E-state index in [2.05, 4.69) is 4.89 Å². The van der Waals surface area contributed by atoms with E-state index in [-0.39, 0.29) is 36.0 Å². The highest BCUT2D eigenvalue weighted by Crippen LogP contribution is 2.35. The second-order valence-electron chi connectivity index (χ2n) is 8.56. The van der Waals surface area contributed by atoms with Gasteiger partial charge in [0.05, 0.1) is 24.8 Å². The number of methoxy groups -OCH3 is 1. The number of rotatable bonds is 9. The van der Waals surface area contributed by atoms with Crippen molar-refractivity contribution in [2.75, 3.05) is 20.3 Å². The van der Waals surface area contributed by atoms with Crippen molar-refractivity contribution in [2.24, 2.45) is 5.92 Å². The van der Waals surface area contributed by atoms with Crippen LogP contribution in [0.15, 0.2) is 83.9 Å². The Labute approximate surface area is 219 Å². The molecule has 0 heterocycles. The van der Waals surface area contributed by atoms with Gasteiger partial charge < -0.3 is 9.47 Å². The molecule has 0 saturated carbocycles. The predicted molar refractivity (Wildman–Crippen MR) is 138 cm³/mol. The quantitative estimate of drug-likeness (QED) is 0.159. The lowest BCUT2D eigenvalue weighted by molar-refractivity contribution is -0.235. The SMILES string of the molecule is COC(=O)c1ccccc1C(=O)OCC1CCC(C(=O)c2ccc(-c3ccc(Cl)cc3)cc2)=C1COO. The third kappa shape index (κ3) is 5.97. The molecule has 1 aliphatic rings. The summed E-state index contributed by atoms with van der Waals surface area (Å²) in [4.78, 5) is 42.4. The van der Waals surface area contributed by atoms with E-state index in [4.69, 9.17) is 26.3 Å². The molecule has 0 fully saturated rings. The van der Waals surface area contributed by atoms with Crippen LogP contribution in [0.25, 0.3) is 11.1 Å². The molecule has 8 heteroatoms. The minimum atomic E-state index is -0.678. The van der Waals surface area contributed by atoms with Gasteiger partial charge in [0.15, 0.2) is 5.78 Å². The van der Waals surface area contributed by atoms with Crippen molar-refractivity contribution in [2.45, 2.75) is 12.8 Å². The number of ether oxygens (including phenoxy) is 2. The fraction of sp³-hybridized carbons (Fsp3) is 0.207. The van der Waals surface area contributed by atoms with Crippen LogP contribution in [0.3, 0.4) is 0 Å². The van der Waals surface area contributed by atoms with Gasteiger partial charge in [-0.1, -0.05) is 60.1 Å². The molecular weight excluding hydrogens is 496 g/mol. The monoisotopic (exact) mass is 520 g/mol. The average molecular weight is 521 g/mol. The van der Waals surface area contributed by atoms with Crippen molar-refractivity contribution in [3.8, 4) is 11.1 Å². The minimum absolute atomic E-state index is 0.0285. The van der Waals surface area contributed by atoms with Crippen LogP contribution in [-0.4, -0.2) is 43.3 Å². The second kappa shape index (κ2) is 12.0. The Morgan fingerprint density at radius 1 is 0.892 bits per heavy atom. The maximum Gasteiger partial charge on any atom is 0.339 e. The van der Waals surface area contributed by atoms with E-state index in [1.54, 1.807) is 24.3 Å². The van der Waals surface area contributed by atoms with E-state index in [9.17, 15) is 14.4 Å². The summed E-state index contributed by atoms with van der Waals surface area (Å²) in [5.74, 6) is -1.80. The van der Waals surface area contributed by atoms with Gasteiger partial charge in [-0.05, 0) is 53.8 Å². The van der Waals surface area contributed by atoms with E-state index in [1.165, 1.54) is 19.2 Å². The van der Waals surface area contributed by atoms with Crippen molar-refractivity contribution >= 4 is 29.3 Å². The van der Waals surface area contributed by atoms with Crippen LogP contribution in [0.4, 0.5) is 0 Å². The summed E-state index contributed by atoms with van der Waals surface area (Å²) in [5.41, 5.74) is 3.75. The number of carbonyl (C=O) groups excluding carboxylic acids is 3. The van der Waals surface area contributed by atoms with Crippen molar-refractivity contribution < 1.29 is 34.0 Å². The standard InChI is InChI=1S/C29H25ClO7/c1-35-28(32)24-4-2-3-5-25(24)29(33)36-16-21-12-15-23(26(21)17-37-34)27(31)20-8-6-18(7-9-20)19-10-13-22(30)14-11-19/h2-11,13-14,21,34H,12,15-17H2,1H3. The van der Waals surface area contributed by atoms with Crippen LogP contribution in [0.1, 0.15) is 43.9 Å². The van der Waals surface area contributed by atoms with Gasteiger partial charge in [0.1, 0.15) is 6.61 Å². The van der Waals surface area contributed by atoms with Crippen LogP contribution in [0.2, 0.25) is 5.02 Å². The average Bonchev–Trinajstić information content (AvgIpc) is 3.34. The lowest BCUT2D eigenvalue weighted by Gasteiger charge is -2.15. The lowest BCUT2D eigenvalue weighted by Crippen LogP contribution is -2.19. The Hall–Kier alpha value is -3.78. The van der Waals surface area contributed by atoms with Crippen LogP contribution in [0, 0.1) is 5.92 Å². The largest absolute Gasteiger partial charge is 0.465 e. The first kappa shape index (κ1) is 26.3. The van der Waals surface area contributed by atoms with E-state index < -0.39 is 11.9 Å². The summed E-state index contributed by atoms with van der Waals surface area (Å²) in [6, 6.07) is 20.9. The van der Waals surface area contributed by atoms with E-state index in [0.29, 0.717) is 34.6 Å². The number of halogens is 1. The van der Waals surface area contributed by atoms with Gasteiger partial charge >= 0.3 is 11.9 Å². The Kier molecular flexibility index (Phi) is 8.50. The predicted octanol–water partition coefficient (Wildman–Crippen LogP) is 6.03. The third-order valence-corrected chi connectivity index (χ3v) is 6.66. The molecular formula is C29H25ClO7. The number of hydrogen-bond donors (Lipinski definition) is 1. The smallest absolute Gasteiger partial charge is 0.339 e. The minimum Gasteiger partial charge on any atom is -0.465 e. The molecule has 3 aromatic carbocycles. The molecule has 0 saturated heterocycles. The van der Waals surface area contributed by atoms with Gasteiger partial charge in [-0.15, -0.1) is 0 Å². The van der Waals surface area contributed by atoms with Crippen LogP contribution in [-0.2, 0) is 14.4 Å². The second-order valence-corrected chi connectivity index (χ2v) is 9.00. The highest BCUT2D eigenvalue weighted by Gasteiger charge is 2.31. The van der Waals surface area contributed by atoms with E-state index in [0.717, 1.165) is 11.1 Å². The van der Waals surface area contributed by atoms with Gasteiger partial charge in [0.25, 0.3) is 0 Å². The number of ketones is 1. The molecule has 0 aromatic heterocycles. The van der Waals surface area contributed by atoms with Gasteiger partial charge in [-0.3, -0.25) is 10.1 Å². The zero-order chi connectivity index (χ0) is 26.4. The number of allylic oxidation sites excluding steroid dienone is 1. The van der Waals surface area contributed by atoms with E-state index in [1.807, 2.05) is 36.4 Å². The molecule has 0 bridgehead atoms. The van der Waals surface area contributed by atoms with Gasteiger partial charge in [0, 0.05) is 22.1 Å². The molecule has 0 aliphatic heterocycles. The van der Waals surface area contributed by atoms with Crippen molar-refractivity contribution in [1.82, 2.24) is 0 Å². The van der Waals surface area contributed by atoms with Crippen molar-refractivity contribution in [3.63, 3.8) is 0 Å². The highest BCUT2D eigenvalue weighted by atomic mass is 35.5. The lowest BCUT2D eigenvalue weighted by atomic mass is 9.96. The molecule has 7 nitrogen and oxygen atoms in total. The third-order valence-electron chi connectivity index (χ3n) is 6.41. The van der Waals surface area contributed by atoms with E-state index >= 15 is 0 Å². The Balaban J connectivity index is 1.49. The molecule has 3 aromatic rings. The van der Waals surface area contributed by atoms with Crippen LogP contribution >= 0.6 is 11.6 Å². The number of esters is 2. The Bertz CT molecular complexity index is 1330. The number of benzene rings is 3. The maximum atomic E-state index is 13.3. The summed E-state index contributed by atoms with van der Waals surface area (Å²) in [6.07, 6.45) is 1.01. The van der Waals surface area contributed by atoms with Crippen molar-refractivity contribution in [1.29, 1.82) is 0 Å². The molecule has 0 amide bonds. The summed E-state index contributed by atoms with van der Waals surface area (Å²) in [6.45, 7) is -0.204. The molecule has 190 valence electrons. The highest BCUT2D eigenvalue weighted by molar-refractivity contribution is 6.30. The number of carbonyl (C=O) groups is 3. The Morgan fingerprint density at radius 2 is 1.49 bits per heavy atom. The first-order valence-corrected chi connectivity index (χ1v) is 12.0. The molecule has 37 heavy (non-hydrogen) atoms. The molecule has 1 N–H and O–H groups in total. The molecule has 0 spiro atoms. The normalized spacial score (nSPS) is 14.9. The van der Waals surface area contributed by atoms with Crippen LogP contribution in [0.5, 0.6) is 0 Å². The molecule has 1 aliphatic carbocycles. The molecule has 1 unspecified atom stereocenters. The maximum absolute atomic E-state index is 13.3. The first-order valence-electron chi connectivity index (χ1n) is 11.7. The van der Waals surface area contributed by atoms with Gasteiger partial charge in [-0.2, -0.15) is 0 Å². The molecule has 1 atom stereocenters. The Morgan fingerprint density at radius 3 is 2.08 bits per heavy atom. The zero-order valence-electron chi connectivity index (χ0n) is 20.1. The number of hydrogen-bond acceptors (Lipinski definition) is 7. The number of Topliss-reactive ketones (excluding diaryl/α,β-unsaturated/α-hetero) is 1. The van der Waals surface area contributed by atoms with Gasteiger partial charge in [0.2, 0.25) is 0 Å². The zero-order valence-corrected chi connectivity index (χ0v) is 20.9.